The summed E-state index contributed by atoms with van der Waals surface area (Å²) in [7, 11) is 0. The van der Waals surface area contributed by atoms with Crippen LogP contribution in [0.5, 0.6) is 0 Å². The van der Waals surface area contributed by atoms with Crippen LogP contribution in [0.2, 0.25) is 0 Å². The van der Waals surface area contributed by atoms with Crippen LogP contribution in [0.1, 0.15) is 29.0 Å². The zero-order chi connectivity index (χ0) is 23.2. The Balaban J connectivity index is 1.39. The van der Waals surface area contributed by atoms with Gasteiger partial charge in [0.25, 0.3) is 0 Å². The molecule has 0 atom stereocenters. The van der Waals surface area contributed by atoms with Crippen LogP contribution < -0.4 is 21.8 Å². The monoisotopic (exact) mass is 457 g/mol. The van der Waals surface area contributed by atoms with Gasteiger partial charge < -0.3 is 9.73 Å². The van der Waals surface area contributed by atoms with Crippen molar-refractivity contribution in [3.05, 3.63) is 112 Å². The van der Waals surface area contributed by atoms with Gasteiger partial charge in [0.2, 0.25) is 5.91 Å². The summed E-state index contributed by atoms with van der Waals surface area (Å²) >= 11 is 5.30. The summed E-state index contributed by atoms with van der Waals surface area (Å²) in [6.07, 6.45) is 0.254. The number of thiocarbonyl (C=S) groups is 1. The van der Waals surface area contributed by atoms with Crippen molar-refractivity contribution < 1.29 is 9.21 Å². The standard InChI is InChI=1S/C26H23N3O3S/c1-17-14-25(31)32-23-15-20(12-13-21(17)23)27-26(33)29-28-24(30)16-22(18-8-4-2-5-9-18)19-10-6-3-7-11-19/h2-15,22H,16H2,1H3,(H,28,30)(H2,27,29,33). The molecule has 6 nitrogen and oxygen atoms in total. The number of anilines is 1. The van der Waals surface area contributed by atoms with Crippen molar-refractivity contribution in [2.24, 2.45) is 0 Å². The second kappa shape index (κ2) is 10.1. The molecule has 3 aromatic carbocycles. The number of carbonyl (C=O) groups excluding carboxylic acids is 1. The summed E-state index contributed by atoms with van der Waals surface area (Å²) in [5.41, 5.74) is 9.06. The zero-order valence-electron chi connectivity index (χ0n) is 18.0. The molecule has 0 bridgehead atoms. The first-order valence-corrected chi connectivity index (χ1v) is 10.9. The van der Waals surface area contributed by atoms with E-state index in [0.717, 1.165) is 22.1 Å². The molecule has 0 saturated heterocycles. The molecule has 0 radical (unpaired) electrons. The molecule has 7 heteroatoms. The molecule has 4 aromatic rings. The number of aryl methyl sites for hydroxylation is 1. The van der Waals surface area contributed by atoms with E-state index in [1.165, 1.54) is 6.07 Å². The number of rotatable bonds is 5. The topological polar surface area (TPSA) is 83.4 Å². The van der Waals surface area contributed by atoms with Crippen LogP contribution >= 0.6 is 12.2 Å². The number of benzene rings is 3. The van der Waals surface area contributed by atoms with E-state index in [9.17, 15) is 9.59 Å². The van der Waals surface area contributed by atoms with Crippen molar-refractivity contribution in [2.45, 2.75) is 19.3 Å². The van der Waals surface area contributed by atoms with Gasteiger partial charge >= 0.3 is 5.63 Å². The molecule has 0 aliphatic rings. The highest BCUT2D eigenvalue weighted by Crippen LogP contribution is 2.27. The highest BCUT2D eigenvalue weighted by atomic mass is 32.1. The lowest BCUT2D eigenvalue weighted by molar-refractivity contribution is -0.121. The minimum atomic E-state index is -0.406. The fourth-order valence-electron chi connectivity index (χ4n) is 3.73. The third-order valence-electron chi connectivity index (χ3n) is 5.32. The van der Waals surface area contributed by atoms with Gasteiger partial charge in [0.1, 0.15) is 5.58 Å². The van der Waals surface area contributed by atoms with Gasteiger partial charge in [0.15, 0.2) is 5.11 Å². The second-order valence-corrected chi connectivity index (χ2v) is 8.07. The molecular weight excluding hydrogens is 434 g/mol. The van der Waals surface area contributed by atoms with E-state index >= 15 is 0 Å². The number of amides is 1. The van der Waals surface area contributed by atoms with E-state index in [-0.39, 0.29) is 23.4 Å². The summed E-state index contributed by atoms with van der Waals surface area (Å²) in [5.74, 6) is -0.278. The van der Waals surface area contributed by atoms with E-state index < -0.39 is 5.63 Å². The van der Waals surface area contributed by atoms with Crippen LogP contribution in [-0.4, -0.2) is 11.0 Å². The number of nitrogens with one attached hydrogen (secondary N) is 3. The van der Waals surface area contributed by atoms with Crippen LogP contribution in [-0.2, 0) is 4.79 Å². The molecular formula is C26H23N3O3S. The summed E-state index contributed by atoms with van der Waals surface area (Å²) in [6.45, 7) is 1.85. The van der Waals surface area contributed by atoms with Crippen LogP contribution in [0.15, 0.2) is 94.1 Å². The quantitative estimate of drug-likeness (QED) is 0.230. The first-order valence-electron chi connectivity index (χ1n) is 10.5. The summed E-state index contributed by atoms with van der Waals surface area (Å²) in [6, 6.07) is 26.7. The van der Waals surface area contributed by atoms with E-state index in [1.807, 2.05) is 79.7 Å². The Hall–Kier alpha value is -3.97. The number of carbonyl (C=O) groups is 1. The summed E-state index contributed by atoms with van der Waals surface area (Å²) in [5, 5.41) is 4.05. The molecule has 3 N–H and O–H groups in total. The van der Waals surface area contributed by atoms with Crippen molar-refractivity contribution >= 4 is 39.9 Å². The number of hydrazine groups is 1. The number of hydrogen-bond donors (Lipinski definition) is 3. The minimum Gasteiger partial charge on any atom is -0.423 e. The van der Waals surface area contributed by atoms with Gasteiger partial charge in [-0.05, 0) is 48.0 Å². The SMILES string of the molecule is Cc1cc(=O)oc2cc(NC(=S)NNC(=O)CC(c3ccccc3)c3ccccc3)ccc12. The van der Waals surface area contributed by atoms with Crippen LogP contribution in [0.3, 0.4) is 0 Å². The first-order chi connectivity index (χ1) is 16.0. The van der Waals surface area contributed by atoms with Gasteiger partial charge in [-0.25, -0.2) is 4.79 Å². The van der Waals surface area contributed by atoms with Crippen LogP contribution in [0, 0.1) is 6.92 Å². The second-order valence-electron chi connectivity index (χ2n) is 7.66. The Morgan fingerprint density at radius 3 is 2.18 bits per heavy atom. The third kappa shape index (κ3) is 5.64. The average Bonchev–Trinajstić information content (AvgIpc) is 2.82. The Labute approximate surface area is 196 Å². The van der Waals surface area contributed by atoms with Gasteiger partial charge in [0.05, 0.1) is 0 Å². The molecule has 1 heterocycles. The van der Waals surface area contributed by atoms with E-state index in [1.54, 1.807) is 6.07 Å². The molecule has 0 aliphatic heterocycles. The largest absolute Gasteiger partial charge is 0.423 e. The molecule has 0 aliphatic carbocycles. The molecule has 33 heavy (non-hydrogen) atoms. The van der Waals surface area contributed by atoms with Gasteiger partial charge in [0, 0.05) is 35.5 Å². The van der Waals surface area contributed by atoms with Crippen LogP contribution in [0.25, 0.3) is 11.0 Å². The van der Waals surface area contributed by atoms with Crippen molar-refractivity contribution in [3.63, 3.8) is 0 Å². The third-order valence-corrected chi connectivity index (χ3v) is 5.52. The average molecular weight is 458 g/mol. The molecule has 166 valence electrons. The molecule has 0 fully saturated rings. The lowest BCUT2D eigenvalue weighted by Crippen LogP contribution is -2.44. The molecule has 1 aromatic heterocycles. The summed E-state index contributed by atoms with van der Waals surface area (Å²) < 4.78 is 5.26. The minimum absolute atomic E-state index is 0.0812. The van der Waals surface area contributed by atoms with Crippen molar-refractivity contribution in [1.82, 2.24) is 10.9 Å². The van der Waals surface area contributed by atoms with Crippen LogP contribution in [0.4, 0.5) is 5.69 Å². The highest BCUT2D eigenvalue weighted by Gasteiger charge is 2.18. The maximum atomic E-state index is 12.7. The lowest BCUT2D eigenvalue weighted by Gasteiger charge is -2.18. The van der Waals surface area contributed by atoms with E-state index in [0.29, 0.717) is 11.3 Å². The maximum Gasteiger partial charge on any atom is 0.336 e. The number of fused-ring (bicyclic) bond motifs is 1. The Kier molecular flexibility index (Phi) is 6.80. The highest BCUT2D eigenvalue weighted by molar-refractivity contribution is 7.80. The smallest absolute Gasteiger partial charge is 0.336 e. The van der Waals surface area contributed by atoms with E-state index in [2.05, 4.69) is 16.2 Å². The van der Waals surface area contributed by atoms with Crippen molar-refractivity contribution in [3.8, 4) is 0 Å². The van der Waals surface area contributed by atoms with Crippen molar-refractivity contribution in [2.75, 3.05) is 5.32 Å². The first kappa shape index (κ1) is 22.2. The molecule has 0 spiro atoms. The van der Waals surface area contributed by atoms with Gasteiger partial charge in [-0.3, -0.25) is 15.6 Å². The van der Waals surface area contributed by atoms with Gasteiger partial charge in [-0.15, -0.1) is 0 Å². The Bertz CT molecular complexity index is 1300. The molecule has 4 rings (SSSR count). The normalized spacial score (nSPS) is 10.7. The Morgan fingerprint density at radius 1 is 0.909 bits per heavy atom. The van der Waals surface area contributed by atoms with E-state index in [4.69, 9.17) is 16.6 Å². The van der Waals surface area contributed by atoms with Gasteiger partial charge in [-0.2, -0.15) is 0 Å². The predicted octanol–water partition coefficient (Wildman–Crippen LogP) is 4.64. The van der Waals surface area contributed by atoms with Crippen molar-refractivity contribution in [1.29, 1.82) is 0 Å². The molecule has 0 unspecified atom stereocenters. The summed E-state index contributed by atoms with van der Waals surface area (Å²) in [4.78, 5) is 24.3. The zero-order valence-corrected chi connectivity index (χ0v) is 18.8. The maximum absolute atomic E-state index is 12.7. The molecule has 0 saturated carbocycles. The molecule has 1 amide bonds. The lowest BCUT2D eigenvalue weighted by atomic mass is 9.88. The number of hydrogen-bond acceptors (Lipinski definition) is 4. The predicted molar refractivity (Wildman–Crippen MR) is 134 cm³/mol. The van der Waals surface area contributed by atoms with Gasteiger partial charge in [-0.1, -0.05) is 60.7 Å². The Morgan fingerprint density at radius 2 is 1.55 bits per heavy atom. The fourth-order valence-corrected chi connectivity index (χ4v) is 3.90. The fraction of sp³-hybridized carbons (Fsp3) is 0.115.